The number of anilines is 1. The molecule has 5 heteroatoms. The smallest absolute Gasteiger partial charge is 0.224 e. The van der Waals surface area contributed by atoms with E-state index in [4.69, 9.17) is 9.68 Å². The number of hydrogen-bond acceptors (Lipinski definition) is 4. The summed E-state index contributed by atoms with van der Waals surface area (Å²) >= 11 is 0. The molecule has 2 rings (SSSR count). The number of nitrogens with one attached hydrogen (secondary N) is 2. The van der Waals surface area contributed by atoms with Crippen LogP contribution in [0, 0.1) is 11.3 Å². The van der Waals surface area contributed by atoms with Crippen molar-refractivity contribution in [3.05, 3.63) is 53.5 Å². The van der Waals surface area contributed by atoms with Gasteiger partial charge in [-0.15, -0.1) is 0 Å². The maximum atomic E-state index is 11.5. The Kier molecular flexibility index (Phi) is 4.99. The fourth-order valence-electron chi connectivity index (χ4n) is 1.91. The Hall–Kier alpha value is -2.74. The van der Waals surface area contributed by atoms with Crippen molar-refractivity contribution >= 4 is 11.6 Å². The van der Waals surface area contributed by atoms with Crippen LogP contribution in [0.15, 0.2) is 40.8 Å². The third kappa shape index (κ3) is 4.39. The zero-order valence-electron chi connectivity index (χ0n) is 11.8. The van der Waals surface area contributed by atoms with Crippen LogP contribution in [0.4, 0.5) is 5.69 Å². The summed E-state index contributed by atoms with van der Waals surface area (Å²) in [5.41, 5.74) is 1.90. The lowest BCUT2D eigenvalue weighted by Gasteiger charge is -2.06. The van der Waals surface area contributed by atoms with Crippen molar-refractivity contribution < 1.29 is 9.21 Å². The molecule has 2 aromatic rings. The zero-order valence-corrected chi connectivity index (χ0v) is 11.8. The maximum absolute atomic E-state index is 11.5. The first-order valence-corrected chi connectivity index (χ1v) is 6.79. The van der Waals surface area contributed by atoms with Crippen molar-refractivity contribution in [2.45, 2.75) is 19.9 Å². The summed E-state index contributed by atoms with van der Waals surface area (Å²) in [5, 5.41) is 14.7. The molecule has 0 saturated carbocycles. The van der Waals surface area contributed by atoms with E-state index in [2.05, 4.69) is 10.6 Å². The number of rotatable bonds is 6. The number of carbonyl (C=O) groups excluding carboxylic acids is 1. The van der Waals surface area contributed by atoms with E-state index in [9.17, 15) is 4.79 Å². The van der Waals surface area contributed by atoms with Gasteiger partial charge in [0.2, 0.25) is 11.7 Å². The van der Waals surface area contributed by atoms with Crippen molar-refractivity contribution in [2.75, 3.05) is 11.9 Å². The minimum absolute atomic E-state index is 0.0258. The molecule has 0 aliphatic carbocycles. The van der Waals surface area contributed by atoms with Crippen molar-refractivity contribution in [3.63, 3.8) is 0 Å². The molecule has 5 nitrogen and oxygen atoms in total. The second-order valence-electron chi connectivity index (χ2n) is 4.56. The number of amides is 1. The first-order valence-electron chi connectivity index (χ1n) is 6.79. The molecule has 0 bridgehead atoms. The minimum Gasteiger partial charge on any atom is -0.449 e. The highest BCUT2D eigenvalue weighted by Gasteiger charge is 2.03. The topological polar surface area (TPSA) is 78.1 Å². The fourth-order valence-corrected chi connectivity index (χ4v) is 1.91. The van der Waals surface area contributed by atoms with E-state index < -0.39 is 0 Å². The average molecular weight is 283 g/mol. The van der Waals surface area contributed by atoms with Gasteiger partial charge in [0.15, 0.2) is 0 Å². The van der Waals surface area contributed by atoms with Crippen molar-refractivity contribution in [2.24, 2.45) is 0 Å². The van der Waals surface area contributed by atoms with Crippen LogP contribution in [-0.4, -0.2) is 12.5 Å². The molecule has 108 valence electrons. The molecule has 1 aromatic heterocycles. The van der Waals surface area contributed by atoms with Gasteiger partial charge in [-0.3, -0.25) is 4.79 Å². The van der Waals surface area contributed by atoms with E-state index in [1.54, 1.807) is 12.1 Å². The van der Waals surface area contributed by atoms with Gasteiger partial charge in [-0.1, -0.05) is 12.1 Å². The van der Waals surface area contributed by atoms with Crippen LogP contribution >= 0.6 is 0 Å². The van der Waals surface area contributed by atoms with Crippen molar-refractivity contribution in [1.29, 1.82) is 5.26 Å². The molecule has 1 aromatic carbocycles. The third-order valence-corrected chi connectivity index (χ3v) is 2.93. The highest BCUT2D eigenvalue weighted by molar-refractivity contribution is 5.78. The van der Waals surface area contributed by atoms with Gasteiger partial charge in [-0.25, -0.2) is 0 Å². The van der Waals surface area contributed by atoms with Crippen LogP contribution in [0.1, 0.15) is 24.0 Å². The number of carbonyl (C=O) groups is 1. The van der Waals surface area contributed by atoms with Crippen LogP contribution in [0.2, 0.25) is 0 Å². The number of likely N-dealkylation sites (N-methyl/N-ethyl adjacent to an activating group) is 1. The van der Waals surface area contributed by atoms with Gasteiger partial charge < -0.3 is 15.1 Å². The summed E-state index contributed by atoms with van der Waals surface area (Å²) in [5.74, 6) is 1.04. The van der Waals surface area contributed by atoms with E-state index in [-0.39, 0.29) is 5.91 Å². The Morgan fingerprint density at radius 1 is 1.24 bits per heavy atom. The third-order valence-electron chi connectivity index (χ3n) is 2.93. The summed E-state index contributed by atoms with van der Waals surface area (Å²) in [7, 11) is 0. The zero-order chi connectivity index (χ0) is 15.1. The standard InChI is InChI=1S/C16H17N3O2/c1-2-18-16(20)9-12-3-5-13(6-4-12)19-11-15-8-7-14(10-17)21-15/h3-8,19H,2,9,11H2,1H3,(H,18,20). The monoisotopic (exact) mass is 283 g/mol. The molecular weight excluding hydrogens is 266 g/mol. The Labute approximate surface area is 123 Å². The molecule has 0 saturated heterocycles. The van der Waals surface area contributed by atoms with Gasteiger partial charge in [0.25, 0.3) is 0 Å². The molecule has 0 atom stereocenters. The maximum Gasteiger partial charge on any atom is 0.224 e. The van der Waals surface area contributed by atoms with Crippen LogP contribution in [-0.2, 0) is 17.8 Å². The molecule has 21 heavy (non-hydrogen) atoms. The summed E-state index contributed by atoms with van der Waals surface area (Å²) in [6, 6.07) is 13.0. The van der Waals surface area contributed by atoms with Gasteiger partial charge in [0, 0.05) is 12.2 Å². The molecule has 0 radical (unpaired) electrons. The van der Waals surface area contributed by atoms with Crippen LogP contribution in [0.25, 0.3) is 0 Å². The number of furan rings is 1. The van der Waals surface area contributed by atoms with E-state index in [0.717, 1.165) is 11.3 Å². The van der Waals surface area contributed by atoms with E-state index >= 15 is 0 Å². The van der Waals surface area contributed by atoms with Crippen LogP contribution in [0.5, 0.6) is 0 Å². The average Bonchev–Trinajstić information content (AvgIpc) is 2.95. The van der Waals surface area contributed by atoms with Crippen molar-refractivity contribution in [3.8, 4) is 6.07 Å². The summed E-state index contributed by atoms with van der Waals surface area (Å²) in [6.07, 6.45) is 0.387. The summed E-state index contributed by atoms with van der Waals surface area (Å²) in [6.45, 7) is 3.06. The minimum atomic E-state index is 0.0258. The largest absolute Gasteiger partial charge is 0.449 e. The molecule has 0 aliphatic rings. The summed E-state index contributed by atoms with van der Waals surface area (Å²) < 4.78 is 5.28. The first-order chi connectivity index (χ1) is 10.2. The molecule has 0 unspecified atom stereocenters. The second-order valence-corrected chi connectivity index (χ2v) is 4.56. The Morgan fingerprint density at radius 3 is 2.62 bits per heavy atom. The first kappa shape index (κ1) is 14.7. The van der Waals surface area contributed by atoms with Crippen LogP contribution < -0.4 is 10.6 Å². The van der Waals surface area contributed by atoms with Gasteiger partial charge in [-0.2, -0.15) is 5.26 Å². The van der Waals surface area contributed by atoms with Gasteiger partial charge in [0.1, 0.15) is 11.8 Å². The Morgan fingerprint density at radius 2 is 2.00 bits per heavy atom. The van der Waals surface area contributed by atoms with Gasteiger partial charge in [-0.05, 0) is 36.8 Å². The molecule has 2 N–H and O–H groups in total. The predicted molar refractivity (Wildman–Crippen MR) is 79.6 cm³/mol. The molecule has 1 amide bonds. The number of nitriles is 1. The molecule has 0 aliphatic heterocycles. The van der Waals surface area contributed by atoms with E-state index in [0.29, 0.717) is 31.0 Å². The lowest BCUT2D eigenvalue weighted by Crippen LogP contribution is -2.24. The lowest BCUT2D eigenvalue weighted by atomic mass is 10.1. The predicted octanol–water partition coefficient (Wildman–Crippen LogP) is 2.44. The molecule has 1 heterocycles. The second kappa shape index (κ2) is 7.15. The molecule has 0 fully saturated rings. The number of benzene rings is 1. The Bertz CT molecular complexity index is 638. The number of hydrogen-bond donors (Lipinski definition) is 2. The summed E-state index contributed by atoms with van der Waals surface area (Å²) in [4.78, 5) is 11.5. The van der Waals surface area contributed by atoms with E-state index in [1.807, 2.05) is 37.3 Å². The van der Waals surface area contributed by atoms with Crippen LogP contribution in [0.3, 0.4) is 0 Å². The Balaban J connectivity index is 1.87. The highest BCUT2D eigenvalue weighted by Crippen LogP contribution is 2.13. The molecular formula is C16H17N3O2. The van der Waals surface area contributed by atoms with Gasteiger partial charge >= 0.3 is 0 Å². The normalized spacial score (nSPS) is 9.90. The van der Waals surface area contributed by atoms with Crippen molar-refractivity contribution in [1.82, 2.24) is 5.32 Å². The van der Waals surface area contributed by atoms with E-state index in [1.165, 1.54) is 0 Å². The fraction of sp³-hybridized carbons (Fsp3) is 0.250. The number of nitrogens with zero attached hydrogens (tertiary/aromatic N) is 1. The molecule has 0 spiro atoms. The lowest BCUT2D eigenvalue weighted by molar-refractivity contribution is -0.120. The SMILES string of the molecule is CCNC(=O)Cc1ccc(NCc2ccc(C#N)o2)cc1. The highest BCUT2D eigenvalue weighted by atomic mass is 16.3. The quantitative estimate of drug-likeness (QED) is 0.853. The van der Waals surface area contributed by atoms with Gasteiger partial charge in [0.05, 0.1) is 13.0 Å².